The molecular weight excluding hydrogens is 275 g/mol. The van der Waals surface area contributed by atoms with Crippen molar-refractivity contribution in [2.75, 3.05) is 5.32 Å². The third-order valence-electron chi connectivity index (χ3n) is 3.47. The van der Waals surface area contributed by atoms with Gasteiger partial charge in [0.05, 0.1) is 22.5 Å². The summed E-state index contributed by atoms with van der Waals surface area (Å²) in [5.74, 6) is -1.13. The number of nitrogens with one attached hydrogen (secondary N) is 1. The zero-order chi connectivity index (χ0) is 14.6. The summed E-state index contributed by atoms with van der Waals surface area (Å²) < 4.78 is 18.1. The fourth-order valence-corrected chi connectivity index (χ4v) is 2.50. The second-order valence-electron chi connectivity index (χ2n) is 4.71. The van der Waals surface area contributed by atoms with Gasteiger partial charge in [-0.3, -0.25) is 9.59 Å². The SMILES string of the molecule is O=C1C=Cc2nocc2/C1=C1\Nc2cc(F)ccc2C1=O. The Morgan fingerprint density at radius 3 is 2.86 bits per heavy atom. The van der Waals surface area contributed by atoms with E-state index in [0.717, 1.165) is 0 Å². The molecule has 1 aromatic heterocycles. The summed E-state index contributed by atoms with van der Waals surface area (Å²) >= 11 is 0. The van der Waals surface area contributed by atoms with Gasteiger partial charge in [-0.2, -0.15) is 0 Å². The topological polar surface area (TPSA) is 72.2 Å². The summed E-state index contributed by atoms with van der Waals surface area (Å²) in [5, 5.41) is 6.58. The summed E-state index contributed by atoms with van der Waals surface area (Å²) in [6.07, 6.45) is 4.17. The number of allylic oxidation sites excluding steroid dienone is 3. The molecule has 4 rings (SSSR count). The first-order valence-corrected chi connectivity index (χ1v) is 6.18. The molecule has 1 aliphatic carbocycles. The van der Waals surface area contributed by atoms with E-state index in [9.17, 15) is 14.0 Å². The molecule has 102 valence electrons. The standard InChI is InChI=1S/C15H7FN2O3/c16-7-1-2-8-11(5-7)17-14(15(8)20)13-9-6-21-18-10(9)3-4-12(13)19/h1-6,17H/b14-13+. The van der Waals surface area contributed by atoms with Crippen molar-refractivity contribution in [3.8, 4) is 0 Å². The quantitative estimate of drug-likeness (QED) is 0.751. The van der Waals surface area contributed by atoms with E-state index in [0.29, 0.717) is 22.5 Å². The summed E-state index contributed by atoms with van der Waals surface area (Å²) in [6.45, 7) is 0. The fourth-order valence-electron chi connectivity index (χ4n) is 2.50. The number of rotatable bonds is 0. The molecule has 5 nitrogen and oxygen atoms in total. The van der Waals surface area contributed by atoms with E-state index in [-0.39, 0.29) is 22.8 Å². The van der Waals surface area contributed by atoms with Gasteiger partial charge in [0, 0.05) is 5.56 Å². The molecule has 6 heteroatoms. The highest BCUT2D eigenvalue weighted by Crippen LogP contribution is 2.36. The molecule has 1 aliphatic heterocycles. The van der Waals surface area contributed by atoms with Gasteiger partial charge in [0.2, 0.25) is 5.78 Å². The molecule has 1 N–H and O–H groups in total. The number of anilines is 1. The van der Waals surface area contributed by atoms with E-state index in [1.54, 1.807) is 0 Å². The molecular formula is C15H7FN2O3. The Labute approximate surface area is 117 Å². The van der Waals surface area contributed by atoms with Crippen LogP contribution >= 0.6 is 0 Å². The zero-order valence-corrected chi connectivity index (χ0v) is 10.5. The molecule has 0 saturated carbocycles. The molecule has 0 unspecified atom stereocenters. The lowest BCUT2D eigenvalue weighted by atomic mass is 9.93. The Balaban J connectivity index is 1.94. The van der Waals surface area contributed by atoms with Crippen LogP contribution in [0.1, 0.15) is 21.6 Å². The van der Waals surface area contributed by atoms with Gasteiger partial charge in [0.1, 0.15) is 17.8 Å². The summed E-state index contributed by atoms with van der Waals surface area (Å²) in [7, 11) is 0. The van der Waals surface area contributed by atoms with E-state index < -0.39 is 5.82 Å². The van der Waals surface area contributed by atoms with Gasteiger partial charge in [-0.25, -0.2) is 4.39 Å². The smallest absolute Gasteiger partial charge is 0.212 e. The van der Waals surface area contributed by atoms with Crippen LogP contribution in [-0.2, 0) is 4.79 Å². The number of hydrogen-bond acceptors (Lipinski definition) is 5. The van der Waals surface area contributed by atoms with Gasteiger partial charge in [-0.15, -0.1) is 0 Å². The maximum Gasteiger partial charge on any atom is 0.212 e. The summed E-state index contributed by atoms with van der Waals surface area (Å²) in [5.41, 5.74) is 1.92. The average Bonchev–Trinajstić information content (AvgIpc) is 3.04. The molecule has 2 aliphatic rings. The summed E-state index contributed by atoms with van der Waals surface area (Å²) in [4.78, 5) is 24.5. The van der Waals surface area contributed by atoms with Crippen LogP contribution in [0.15, 0.2) is 40.8 Å². The lowest BCUT2D eigenvalue weighted by Crippen LogP contribution is -2.12. The van der Waals surface area contributed by atoms with Crippen molar-refractivity contribution in [1.29, 1.82) is 0 Å². The first kappa shape index (κ1) is 11.8. The Kier molecular flexibility index (Phi) is 2.24. The number of Topliss-reactive ketones (excluding diaryl/α,β-unsaturated/α-hetero) is 1. The van der Waals surface area contributed by atoms with E-state index >= 15 is 0 Å². The van der Waals surface area contributed by atoms with Crippen LogP contribution in [0, 0.1) is 5.82 Å². The van der Waals surface area contributed by atoms with Crippen molar-refractivity contribution >= 4 is 28.9 Å². The highest BCUT2D eigenvalue weighted by atomic mass is 19.1. The Bertz CT molecular complexity index is 877. The van der Waals surface area contributed by atoms with Crippen LogP contribution in [-0.4, -0.2) is 16.7 Å². The van der Waals surface area contributed by atoms with Crippen LogP contribution in [0.25, 0.3) is 11.6 Å². The highest BCUT2D eigenvalue weighted by molar-refractivity contribution is 6.37. The fraction of sp³-hybridized carbons (Fsp3) is 0. The first-order chi connectivity index (χ1) is 10.1. The van der Waals surface area contributed by atoms with Crippen molar-refractivity contribution in [2.24, 2.45) is 0 Å². The van der Waals surface area contributed by atoms with E-state index in [4.69, 9.17) is 4.52 Å². The molecule has 2 heterocycles. The van der Waals surface area contributed by atoms with E-state index in [1.165, 1.54) is 36.6 Å². The second kappa shape index (κ2) is 3.99. The number of nitrogens with zero attached hydrogens (tertiary/aromatic N) is 1. The molecule has 0 amide bonds. The van der Waals surface area contributed by atoms with Crippen molar-refractivity contribution in [3.63, 3.8) is 0 Å². The number of halogens is 1. The van der Waals surface area contributed by atoms with Crippen molar-refractivity contribution in [1.82, 2.24) is 5.16 Å². The van der Waals surface area contributed by atoms with Gasteiger partial charge in [-0.1, -0.05) is 5.16 Å². The van der Waals surface area contributed by atoms with Crippen LogP contribution < -0.4 is 5.32 Å². The highest BCUT2D eigenvalue weighted by Gasteiger charge is 2.33. The van der Waals surface area contributed by atoms with Gasteiger partial charge in [0.15, 0.2) is 5.78 Å². The van der Waals surface area contributed by atoms with Gasteiger partial charge < -0.3 is 9.84 Å². The lowest BCUT2D eigenvalue weighted by Gasteiger charge is -2.09. The molecule has 1 aromatic carbocycles. The summed E-state index contributed by atoms with van der Waals surface area (Å²) in [6, 6.07) is 3.82. The molecule has 0 saturated heterocycles. The van der Waals surface area contributed by atoms with Gasteiger partial charge in [-0.05, 0) is 30.4 Å². The van der Waals surface area contributed by atoms with Crippen LogP contribution in [0.3, 0.4) is 0 Å². The number of aromatic nitrogens is 1. The number of carbonyl (C=O) groups excluding carboxylic acids is 2. The van der Waals surface area contributed by atoms with Crippen LogP contribution in [0.4, 0.5) is 10.1 Å². The maximum atomic E-state index is 13.3. The van der Waals surface area contributed by atoms with Crippen molar-refractivity contribution in [3.05, 3.63) is 58.9 Å². The second-order valence-corrected chi connectivity index (χ2v) is 4.71. The first-order valence-electron chi connectivity index (χ1n) is 6.18. The molecule has 21 heavy (non-hydrogen) atoms. The largest absolute Gasteiger partial charge is 0.363 e. The normalized spacial score (nSPS) is 19.5. The molecule has 0 bridgehead atoms. The van der Waals surface area contributed by atoms with Crippen molar-refractivity contribution < 1.29 is 18.5 Å². The number of ketones is 2. The zero-order valence-electron chi connectivity index (χ0n) is 10.5. The van der Waals surface area contributed by atoms with Gasteiger partial charge in [0.25, 0.3) is 0 Å². The predicted octanol–water partition coefficient (Wildman–Crippen LogP) is 2.43. The predicted molar refractivity (Wildman–Crippen MR) is 71.8 cm³/mol. The molecule has 0 fully saturated rings. The third kappa shape index (κ3) is 1.59. The molecule has 0 atom stereocenters. The molecule has 0 radical (unpaired) electrons. The Morgan fingerprint density at radius 1 is 1.14 bits per heavy atom. The van der Waals surface area contributed by atoms with E-state index in [2.05, 4.69) is 10.5 Å². The molecule has 0 spiro atoms. The minimum atomic E-state index is -0.458. The number of hydrogen-bond donors (Lipinski definition) is 1. The maximum absolute atomic E-state index is 13.3. The Hall–Kier alpha value is -3.02. The average molecular weight is 282 g/mol. The van der Waals surface area contributed by atoms with Gasteiger partial charge >= 0.3 is 0 Å². The molecule has 2 aromatic rings. The number of carbonyl (C=O) groups is 2. The van der Waals surface area contributed by atoms with Crippen molar-refractivity contribution in [2.45, 2.75) is 0 Å². The lowest BCUT2D eigenvalue weighted by molar-refractivity contribution is -0.109. The number of fused-ring (bicyclic) bond motifs is 2. The number of benzene rings is 1. The van der Waals surface area contributed by atoms with Crippen LogP contribution in [0.5, 0.6) is 0 Å². The minimum absolute atomic E-state index is 0.120. The monoisotopic (exact) mass is 282 g/mol. The third-order valence-corrected chi connectivity index (χ3v) is 3.47. The Morgan fingerprint density at radius 2 is 2.00 bits per heavy atom. The van der Waals surface area contributed by atoms with Crippen LogP contribution in [0.2, 0.25) is 0 Å². The minimum Gasteiger partial charge on any atom is -0.363 e. The van der Waals surface area contributed by atoms with E-state index in [1.807, 2.05) is 0 Å².